The lowest BCUT2D eigenvalue weighted by Gasteiger charge is -2.44. The van der Waals surface area contributed by atoms with E-state index in [0.29, 0.717) is 19.5 Å². The van der Waals surface area contributed by atoms with Gasteiger partial charge < -0.3 is 25.2 Å². The van der Waals surface area contributed by atoms with Crippen molar-refractivity contribution < 1.29 is 23.9 Å². The lowest BCUT2D eigenvalue weighted by atomic mass is 9.76. The Morgan fingerprint density at radius 1 is 0.935 bits per heavy atom. The van der Waals surface area contributed by atoms with Gasteiger partial charge in [-0.1, -0.05) is 85.2 Å². The van der Waals surface area contributed by atoms with Crippen molar-refractivity contribution in [3.8, 4) is 0 Å². The van der Waals surface area contributed by atoms with Crippen molar-refractivity contribution in [1.82, 2.24) is 25.3 Å². The molecule has 5 atom stereocenters. The summed E-state index contributed by atoms with van der Waals surface area (Å²) in [6, 6.07) is 7.51. The van der Waals surface area contributed by atoms with Crippen molar-refractivity contribution in [2.45, 2.75) is 116 Å². The summed E-state index contributed by atoms with van der Waals surface area (Å²) >= 11 is 0. The van der Waals surface area contributed by atoms with Crippen LogP contribution < -0.4 is 10.6 Å². The van der Waals surface area contributed by atoms with Crippen LogP contribution in [0.15, 0.2) is 30.3 Å². The van der Waals surface area contributed by atoms with Crippen LogP contribution in [-0.2, 0) is 29.3 Å². The van der Waals surface area contributed by atoms with Crippen LogP contribution in [0.2, 0.25) is 0 Å². The van der Waals surface area contributed by atoms with E-state index < -0.39 is 29.0 Å². The van der Waals surface area contributed by atoms with E-state index in [2.05, 4.69) is 29.4 Å². The topological polar surface area (TPSA) is 111 Å². The summed E-state index contributed by atoms with van der Waals surface area (Å²) in [6.45, 7) is 16.0. The maximum atomic E-state index is 14.4. The zero-order chi connectivity index (χ0) is 34.4. The molecule has 0 aromatic heterocycles. The average molecular weight is 642 g/mol. The summed E-state index contributed by atoms with van der Waals surface area (Å²) in [7, 11) is 4.96. The van der Waals surface area contributed by atoms with Crippen molar-refractivity contribution in [3.63, 3.8) is 0 Å². The van der Waals surface area contributed by atoms with E-state index in [9.17, 15) is 19.2 Å². The Morgan fingerprint density at radius 2 is 1.57 bits per heavy atom. The zero-order valence-electron chi connectivity index (χ0n) is 29.9. The highest BCUT2D eigenvalue weighted by Gasteiger charge is 2.44. The predicted octanol–water partition coefficient (Wildman–Crippen LogP) is 3.58. The second-order valence-electron chi connectivity index (χ2n) is 15.1. The average Bonchev–Trinajstić information content (AvgIpc) is 3.51. The number of hydrogen-bond acceptors (Lipinski definition) is 7. The van der Waals surface area contributed by atoms with Gasteiger partial charge in [-0.2, -0.15) is 0 Å². The number of nitrogens with one attached hydrogen (secondary N) is 2. The fourth-order valence-electron chi connectivity index (χ4n) is 7.21. The summed E-state index contributed by atoms with van der Waals surface area (Å²) in [4.78, 5) is 60.3. The zero-order valence-corrected chi connectivity index (χ0v) is 29.9. The summed E-state index contributed by atoms with van der Waals surface area (Å²) in [5.41, 5.74) is -0.0618. The van der Waals surface area contributed by atoms with Gasteiger partial charge in [0.2, 0.25) is 17.7 Å². The highest BCUT2D eigenvalue weighted by atomic mass is 16.5. The lowest BCUT2D eigenvalue weighted by Crippen LogP contribution is -2.63. The summed E-state index contributed by atoms with van der Waals surface area (Å²) < 4.78 is 5.00. The number of ether oxygens (including phenoxy) is 1. The Labute approximate surface area is 277 Å². The van der Waals surface area contributed by atoms with Gasteiger partial charge in [0.1, 0.15) is 12.1 Å². The molecule has 10 nitrogen and oxygen atoms in total. The molecule has 3 rings (SSSR count). The van der Waals surface area contributed by atoms with Crippen molar-refractivity contribution >= 4 is 23.7 Å². The monoisotopic (exact) mass is 641 g/mol. The fourth-order valence-corrected chi connectivity index (χ4v) is 7.21. The minimum atomic E-state index is -0.766. The van der Waals surface area contributed by atoms with Crippen LogP contribution in [0, 0.1) is 11.3 Å². The minimum absolute atomic E-state index is 0.0249. The van der Waals surface area contributed by atoms with Crippen molar-refractivity contribution in [2.75, 3.05) is 40.8 Å². The third-order valence-corrected chi connectivity index (χ3v) is 10.1. The first kappa shape index (κ1) is 37.5. The number of nitrogens with zero attached hydrogens (tertiary/aromatic N) is 3. The molecule has 10 heteroatoms. The number of likely N-dealkylation sites (N-methyl/N-ethyl adjacent to an activating group) is 2. The highest BCUT2D eigenvalue weighted by Crippen LogP contribution is 2.30. The molecule has 2 saturated heterocycles. The third kappa shape index (κ3) is 8.48. The van der Waals surface area contributed by atoms with Gasteiger partial charge in [-0.15, -0.1) is 0 Å². The van der Waals surface area contributed by atoms with E-state index >= 15 is 0 Å². The molecule has 0 aliphatic carbocycles. The molecule has 0 saturated carbocycles. The summed E-state index contributed by atoms with van der Waals surface area (Å²) in [5, 5.41) is 6.34. The van der Waals surface area contributed by atoms with Gasteiger partial charge in [0.15, 0.2) is 0 Å². The Bertz CT molecular complexity index is 1200. The molecule has 2 N–H and O–H groups in total. The van der Waals surface area contributed by atoms with Crippen LogP contribution in [0.3, 0.4) is 0 Å². The summed E-state index contributed by atoms with van der Waals surface area (Å²) in [6.07, 6.45) is 4.02. The Hall–Kier alpha value is -2.98. The van der Waals surface area contributed by atoms with E-state index in [1.54, 1.807) is 16.8 Å². The third-order valence-electron chi connectivity index (χ3n) is 10.1. The van der Waals surface area contributed by atoms with Crippen molar-refractivity contribution in [3.05, 3.63) is 35.9 Å². The molecular weight excluding hydrogens is 582 g/mol. The number of carbonyl (C=O) groups is 4. The second kappa shape index (κ2) is 15.7. The van der Waals surface area contributed by atoms with Crippen LogP contribution in [0.5, 0.6) is 0 Å². The smallest absolute Gasteiger partial charge is 0.328 e. The molecule has 258 valence electrons. The molecule has 1 aromatic rings. The summed E-state index contributed by atoms with van der Waals surface area (Å²) in [5.74, 6) is -0.673. The number of carbonyl (C=O) groups excluding carboxylic acids is 4. The molecule has 2 aliphatic rings. The first-order chi connectivity index (χ1) is 21.6. The Balaban J connectivity index is 1.82. The SMILES string of the molecule is CNC(C(=O)N[C@H](C(=O)N(C)[C@H](CN1CCCC[C@H]1C(=O)N1CCC[C@H]1C(=O)OC)C(C)C)C(C)(C)C)C(C)(C)c1ccccc1. The first-order valence-corrected chi connectivity index (χ1v) is 17.0. The standard InChI is InChI=1S/C36H59N5O5/c1-24(2)28(23-40-21-15-14-19-26(40)32(43)41-22-16-20-27(41)34(45)46-10)39(9)33(44)30(35(3,4)5)38-31(42)29(37-8)36(6,7)25-17-12-11-13-18-25/h11-13,17-18,24,26-30,37H,14-16,19-23H2,1-10H3,(H,38,42)/t26-,27-,28+,29?,30+/m0/s1. The molecule has 2 heterocycles. The molecule has 2 fully saturated rings. The number of amides is 3. The van der Waals surface area contributed by atoms with Gasteiger partial charge in [-0.3, -0.25) is 19.3 Å². The first-order valence-electron chi connectivity index (χ1n) is 17.0. The van der Waals surface area contributed by atoms with E-state index in [-0.39, 0.29) is 41.7 Å². The molecule has 2 aliphatic heterocycles. The van der Waals surface area contributed by atoms with Gasteiger partial charge in [-0.05, 0) is 56.2 Å². The molecule has 1 aromatic carbocycles. The van der Waals surface area contributed by atoms with Crippen LogP contribution in [-0.4, -0.2) is 109 Å². The van der Waals surface area contributed by atoms with Crippen LogP contribution >= 0.6 is 0 Å². The maximum absolute atomic E-state index is 14.4. The number of rotatable bonds is 12. The van der Waals surface area contributed by atoms with E-state index in [0.717, 1.165) is 37.8 Å². The van der Waals surface area contributed by atoms with Gasteiger partial charge in [0.25, 0.3) is 0 Å². The van der Waals surface area contributed by atoms with E-state index in [1.807, 2.05) is 72.0 Å². The van der Waals surface area contributed by atoms with E-state index in [4.69, 9.17) is 4.74 Å². The molecule has 0 bridgehead atoms. The largest absolute Gasteiger partial charge is 0.467 e. The normalized spacial score (nSPS) is 21.4. The second-order valence-corrected chi connectivity index (χ2v) is 15.1. The van der Waals surface area contributed by atoms with Crippen molar-refractivity contribution in [2.24, 2.45) is 11.3 Å². The molecule has 1 unspecified atom stereocenters. The number of piperidine rings is 1. The number of benzene rings is 1. The van der Waals surface area contributed by atoms with Crippen LogP contribution in [0.1, 0.15) is 86.1 Å². The number of methoxy groups -OCH3 is 1. The fraction of sp³-hybridized carbons (Fsp3) is 0.722. The van der Waals surface area contributed by atoms with Gasteiger partial charge in [-0.25, -0.2) is 4.79 Å². The lowest BCUT2D eigenvalue weighted by molar-refractivity contribution is -0.153. The van der Waals surface area contributed by atoms with E-state index in [1.165, 1.54) is 7.11 Å². The molecular formula is C36H59N5O5. The Kier molecular flexibility index (Phi) is 12.8. The van der Waals surface area contributed by atoms with Gasteiger partial charge >= 0.3 is 5.97 Å². The maximum Gasteiger partial charge on any atom is 0.328 e. The van der Waals surface area contributed by atoms with Gasteiger partial charge in [0.05, 0.1) is 19.2 Å². The molecule has 3 amide bonds. The highest BCUT2D eigenvalue weighted by molar-refractivity contribution is 5.91. The molecule has 0 radical (unpaired) electrons. The number of hydrogen-bond donors (Lipinski definition) is 2. The van der Waals surface area contributed by atoms with Gasteiger partial charge in [0, 0.05) is 31.6 Å². The quantitative estimate of drug-likeness (QED) is 0.336. The molecule has 0 spiro atoms. The number of likely N-dealkylation sites (tertiary alicyclic amines) is 2. The van der Waals surface area contributed by atoms with Crippen LogP contribution in [0.25, 0.3) is 0 Å². The minimum Gasteiger partial charge on any atom is -0.467 e. The van der Waals surface area contributed by atoms with Crippen molar-refractivity contribution in [1.29, 1.82) is 0 Å². The Morgan fingerprint density at radius 3 is 2.13 bits per heavy atom. The van der Waals surface area contributed by atoms with Crippen LogP contribution in [0.4, 0.5) is 0 Å². The molecule has 46 heavy (non-hydrogen) atoms. The number of esters is 1. The predicted molar refractivity (Wildman–Crippen MR) is 181 cm³/mol.